The van der Waals surface area contributed by atoms with Crippen LogP contribution in [0.1, 0.15) is 41.6 Å². The smallest absolute Gasteiger partial charge is 0.336 e. The molecule has 4 nitrogen and oxygen atoms in total. The van der Waals surface area contributed by atoms with Crippen molar-refractivity contribution in [3.8, 4) is 5.75 Å². The summed E-state index contributed by atoms with van der Waals surface area (Å²) < 4.78 is 5.79. The molecule has 0 aliphatic carbocycles. The van der Waals surface area contributed by atoms with Crippen LogP contribution in [-0.4, -0.2) is 42.2 Å². The number of carboxylic acid groups (broad SMARTS) is 1. The lowest BCUT2D eigenvalue weighted by molar-refractivity contribution is 0.0695. The first-order valence-electron chi connectivity index (χ1n) is 7.25. The van der Waals surface area contributed by atoms with E-state index in [1.807, 2.05) is 6.07 Å². The van der Waals surface area contributed by atoms with E-state index in [9.17, 15) is 4.79 Å². The Morgan fingerprint density at radius 3 is 2.95 bits per heavy atom. The van der Waals surface area contributed by atoms with Crippen molar-refractivity contribution in [2.75, 3.05) is 20.2 Å². The largest absolute Gasteiger partial charge is 0.493 e. The highest BCUT2D eigenvalue weighted by Crippen LogP contribution is 2.23. The van der Waals surface area contributed by atoms with Crippen LogP contribution in [0, 0.1) is 6.92 Å². The molecule has 0 aromatic heterocycles. The van der Waals surface area contributed by atoms with E-state index in [0.717, 1.165) is 13.0 Å². The van der Waals surface area contributed by atoms with Crippen LogP contribution in [0.2, 0.25) is 0 Å². The number of benzene rings is 1. The molecule has 1 fully saturated rings. The molecule has 1 aliphatic rings. The molecule has 0 saturated carbocycles. The fraction of sp³-hybridized carbons (Fsp3) is 0.562. The lowest BCUT2D eigenvalue weighted by Gasteiger charge is -2.32. The van der Waals surface area contributed by atoms with Crippen molar-refractivity contribution in [2.45, 2.75) is 38.6 Å². The number of carboxylic acids is 1. The van der Waals surface area contributed by atoms with Gasteiger partial charge in [0.2, 0.25) is 0 Å². The fourth-order valence-corrected chi connectivity index (χ4v) is 2.82. The molecule has 1 aromatic rings. The predicted molar refractivity (Wildman–Crippen MR) is 78.5 cm³/mol. The highest BCUT2D eigenvalue weighted by Gasteiger charge is 2.19. The van der Waals surface area contributed by atoms with Crippen molar-refractivity contribution in [3.63, 3.8) is 0 Å². The van der Waals surface area contributed by atoms with Crippen LogP contribution in [0.5, 0.6) is 5.75 Å². The predicted octanol–water partition coefficient (Wildman–Crippen LogP) is 2.95. The Bertz CT molecular complexity index is 473. The minimum atomic E-state index is -0.903. The van der Waals surface area contributed by atoms with Gasteiger partial charge in [-0.2, -0.15) is 0 Å². The van der Waals surface area contributed by atoms with E-state index in [0.29, 0.717) is 29.5 Å². The van der Waals surface area contributed by atoms with E-state index in [4.69, 9.17) is 9.84 Å². The second-order valence-electron chi connectivity index (χ2n) is 5.50. The maximum Gasteiger partial charge on any atom is 0.336 e. The Kier molecular flexibility index (Phi) is 5.01. The van der Waals surface area contributed by atoms with Crippen molar-refractivity contribution in [1.82, 2.24) is 4.90 Å². The molecule has 1 unspecified atom stereocenters. The summed E-state index contributed by atoms with van der Waals surface area (Å²) in [5.41, 5.74) is 1.02. The van der Waals surface area contributed by atoms with E-state index >= 15 is 0 Å². The summed E-state index contributed by atoms with van der Waals surface area (Å²) in [5.74, 6) is -0.219. The Morgan fingerprint density at radius 2 is 2.25 bits per heavy atom. The Balaban J connectivity index is 1.91. The summed E-state index contributed by atoms with van der Waals surface area (Å²) in [6.45, 7) is 3.60. The van der Waals surface area contributed by atoms with E-state index in [2.05, 4.69) is 11.9 Å². The van der Waals surface area contributed by atoms with Crippen molar-refractivity contribution < 1.29 is 14.6 Å². The molecule has 1 atom stereocenters. The molecule has 2 rings (SSSR count). The first-order valence-corrected chi connectivity index (χ1v) is 7.25. The molecule has 110 valence electrons. The number of hydrogen-bond acceptors (Lipinski definition) is 3. The van der Waals surface area contributed by atoms with Gasteiger partial charge in [0.05, 0.1) is 12.2 Å². The fourth-order valence-electron chi connectivity index (χ4n) is 2.82. The van der Waals surface area contributed by atoms with Crippen LogP contribution in [0.15, 0.2) is 18.2 Å². The second kappa shape index (κ2) is 6.75. The zero-order valence-corrected chi connectivity index (χ0v) is 12.3. The molecule has 1 aromatic carbocycles. The van der Waals surface area contributed by atoms with Crippen LogP contribution in [-0.2, 0) is 0 Å². The number of rotatable bonds is 5. The third-order valence-electron chi connectivity index (χ3n) is 4.14. The number of likely N-dealkylation sites (tertiary alicyclic amines) is 1. The molecule has 0 bridgehead atoms. The van der Waals surface area contributed by atoms with E-state index < -0.39 is 5.97 Å². The van der Waals surface area contributed by atoms with E-state index in [1.54, 1.807) is 19.1 Å². The van der Waals surface area contributed by atoms with Gasteiger partial charge in [-0.15, -0.1) is 0 Å². The quantitative estimate of drug-likeness (QED) is 0.899. The van der Waals surface area contributed by atoms with Gasteiger partial charge in [-0.1, -0.05) is 12.5 Å². The van der Waals surface area contributed by atoms with Crippen LogP contribution < -0.4 is 4.74 Å². The SMILES string of the molecule is Cc1c(OCCC2CCCCN2C)cccc1C(=O)O. The van der Waals surface area contributed by atoms with Gasteiger partial charge in [0, 0.05) is 11.6 Å². The summed E-state index contributed by atoms with van der Waals surface area (Å²) in [5, 5.41) is 9.09. The summed E-state index contributed by atoms with van der Waals surface area (Å²) in [4.78, 5) is 13.5. The third kappa shape index (κ3) is 3.51. The average Bonchev–Trinajstić information content (AvgIpc) is 2.42. The molecule has 4 heteroatoms. The number of nitrogens with zero attached hydrogens (tertiary/aromatic N) is 1. The number of piperidine rings is 1. The average molecular weight is 277 g/mol. The zero-order valence-electron chi connectivity index (χ0n) is 12.3. The number of carbonyl (C=O) groups is 1. The first-order chi connectivity index (χ1) is 9.59. The minimum absolute atomic E-state index is 0.317. The Morgan fingerprint density at radius 1 is 1.45 bits per heavy atom. The van der Waals surface area contributed by atoms with Crippen LogP contribution in [0.25, 0.3) is 0 Å². The molecule has 0 amide bonds. The molecule has 0 radical (unpaired) electrons. The molecular weight excluding hydrogens is 254 g/mol. The van der Waals surface area contributed by atoms with Gasteiger partial charge in [0.15, 0.2) is 0 Å². The van der Waals surface area contributed by atoms with Crippen LogP contribution >= 0.6 is 0 Å². The van der Waals surface area contributed by atoms with Crippen molar-refractivity contribution in [3.05, 3.63) is 29.3 Å². The van der Waals surface area contributed by atoms with Crippen LogP contribution in [0.4, 0.5) is 0 Å². The summed E-state index contributed by atoms with van der Waals surface area (Å²) in [6, 6.07) is 5.77. The van der Waals surface area contributed by atoms with Gasteiger partial charge >= 0.3 is 5.97 Å². The first kappa shape index (κ1) is 14.9. The van der Waals surface area contributed by atoms with Crippen LogP contribution in [0.3, 0.4) is 0 Å². The second-order valence-corrected chi connectivity index (χ2v) is 5.50. The van der Waals surface area contributed by atoms with Gasteiger partial charge in [0.1, 0.15) is 5.75 Å². The topological polar surface area (TPSA) is 49.8 Å². The maximum absolute atomic E-state index is 11.1. The Hall–Kier alpha value is -1.55. The zero-order chi connectivity index (χ0) is 14.5. The number of aromatic carboxylic acids is 1. The monoisotopic (exact) mass is 277 g/mol. The molecule has 1 heterocycles. The summed E-state index contributed by atoms with van der Waals surface area (Å²) in [7, 11) is 2.17. The minimum Gasteiger partial charge on any atom is -0.493 e. The van der Waals surface area contributed by atoms with Gasteiger partial charge in [-0.3, -0.25) is 0 Å². The molecule has 1 aliphatic heterocycles. The molecule has 1 saturated heterocycles. The van der Waals surface area contributed by atoms with Gasteiger partial charge in [-0.25, -0.2) is 4.79 Å². The summed E-state index contributed by atoms with van der Waals surface area (Å²) in [6.07, 6.45) is 4.80. The lowest BCUT2D eigenvalue weighted by atomic mass is 10.0. The van der Waals surface area contributed by atoms with Crippen molar-refractivity contribution in [1.29, 1.82) is 0 Å². The molecule has 0 spiro atoms. The lowest BCUT2D eigenvalue weighted by Crippen LogP contribution is -2.37. The number of hydrogen-bond donors (Lipinski definition) is 1. The normalized spacial score (nSPS) is 19.8. The highest BCUT2D eigenvalue weighted by atomic mass is 16.5. The maximum atomic E-state index is 11.1. The van der Waals surface area contributed by atoms with E-state index in [-0.39, 0.29) is 0 Å². The highest BCUT2D eigenvalue weighted by molar-refractivity contribution is 5.90. The van der Waals surface area contributed by atoms with Crippen molar-refractivity contribution >= 4 is 5.97 Å². The van der Waals surface area contributed by atoms with Gasteiger partial charge in [0.25, 0.3) is 0 Å². The summed E-state index contributed by atoms with van der Waals surface area (Å²) >= 11 is 0. The molecule has 1 N–H and O–H groups in total. The molecule has 20 heavy (non-hydrogen) atoms. The van der Waals surface area contributed by atoms with Gasteiger partial charge in [-0.05, 0) is 51.9 Å². The Labute approximate surface area is 120 Å². The van der Waals surface area contributed by atoms with E-state index in [1.165, 1.54) is 19.3 Å². The standard InChI is InChI=1S/C16H23NO3/c1-12-14(16(18)19)7-5-8-15(12)20-11-9-13-6-3-4-10-17(13)2/h5,7-8,13H,3-4,6,9-11H2,1-2H3,(H,18,19). The number of ether oxygens (including phenoxy) is 1. The van der Waals surface area contributed by atoms with Crippen molar-refractivity contribution in [2.24, 2.45) is 0 Å². The third-order valence-corrected chi connectivity index (χ3v) is 4.14. The molecular formula is C16H23NO3. The van der Waals surface area contributed by atoms with Gasteiger partial charge < -0.3 is 14.7 Å².